The molecule has 0 amide bonds. The molecule has 0 aromatic heterocycles. The molecule has 0 saturated heterocycles. The quantitative estimate of drug-likeness (QED) is 0.640. The Morgan fingerprint density at radius 1 is 1.35 bits per heavy atom. The molecule has 0 aliphatic heterocycles. The third-order valence-corrected chi connectivity index (χ3v) is 3.47. The SMILES string of the molecule is CCOc1ccc(CN(C)C(=NC)NCC2CC2)cc1. The Bertz CT molecular complexity index is 438. The van der Waals surface area contributed by atoms with E-state index in [-0.39, 0.29) is 0 Å². The number of hydrogen-bond acceptors (Lipinski definition) is 2. The van der Waals surface area contributed by atoms with E-state index in [0.29, 0.717) is 6.61 Å². The summed E-state index contributed by atoms with van der Waals surface area (Å²) in [5.74, 6) is 2.74. The highest BCUT2D eigenvalue weighted by molar-refractivity contribution is 5.79. The van der Waals surface area contributed by atoms with Crippen LogP contribution in [0.4, 0.5) is 0 Å². The highest BCUT2D eigenvalue weighted by Gasteiger charge is 2.21. The van der Waals surface area contributed by atoms with E-state index in [1.54, 1.807) is 0 Å². The van der Waals surface area contributed by atoms with E-state index in [1.165, 1.54) is 18.4 Å². The molecule has 2 rings (SSSR count). The van der Waals surface area contributed by atoms with Crippen molar-refractivity contribution in [2.45, 2.75) is 26.3 Å². The van der Waals surface area contributed by atoms with Crippen LogP contribution in [-0.4, -0.2) is 38.1 Å². The van der Waals surface area contributed by atoms with Gasteiger partial charge < -0.3 is 15.0 Å². The molecule has 0 spiro atoms. The summed E-state index contributed by atoms with van der Waals surface area (Å²) in [7, 11) is 3.91. The van der Waals surface area contributed by atoms with Crippen LogP contribution >= 0.6 is 0 Å². The van der Waals surface area contributed by atoms with Crippen LogP contribution < -0.4 is 10.1 Å². The molecule has 1 fully saturated rings. The van der Waals surface area contributed by atoms with Crippen LogP contribution in [0.5, 0.6) is 5.75 Å². The predicted molar refractivity (Wildman–Crippen MR) is 83.2 cm³/mol. The summed E-state index contributed by atoms with van der Waals surface area (Å²) < 4.78 is 5.46. The first-order valence-corrected chi connectivity index (χ1v) is 7.36. The third-order valence-electron chi connectivity index (χ3n) is 3.47. The fourth-order valence-electron chi connectivity index (χ4n) is 2.15. The molecule has 1 aliphatic carbocycles. The van der Waals surface area contributed by atoms with Gasteiger partial charge >= 0.3 is 0 Å². The Labute approximate surface area is 121 Å². The zero-order valence-electron chi connectivity index (χ0n) is 12.7. The topological polar surface area (TPSA) is 36.9 Å². The Morgan fingerprint density at radius 3 is 2.60 bits per heavy atom. The zero-order chi connectivity index (χ0) is 14.4. The molecule has 1 N–H and O–H groups in total. The number of hydrogen-bond donors (Lipinski definition) is 1. The van der Waals surface area contributed by atoms with E-state index in [4.69, 9.17) is 4.74 Å². The van der Waals surface area contributed by atoms with Gasteiger partial charge in [0.15, 0.2) is 5.96 Å². The summed E-state index contributed by atoms with van der Waals surface area (Å²) in [6, 6.07) is 8.26. The predicted octanol–water partition coefficient (Wildman–Crippen LogP) is 2.50. The molecule has 4 heteroatoms. The minimum absolute atomic E-state index is 0.705. The van der Waals surface area contributed by atoms with Crippen LogP contribution in [0.1, 0.15) is 25.3 Å². The maximum absolute atomic E-state index is 5.46. The van der Waals surface area contributed by atoms with Gasteiger partial charge in [-0.3, -0.25) is 4.99 Å². The lowest BCUT2D eigenvalue weighted by atomic mass is 10.2. The summed E-state index contributed by atoms with van der Waals surface area (Å²) in [6.07, 6.45) is 2.71. The summed E-state index contributed by atoms with van der Waals surface area (Å²) in [5.41, 5.74) is 1.25. The largest absolute Gasteiger partial charge is 0.494 e. The third kappa shape index (κ3) is 4.44. The molecule has 1 aliphatic rings. The first-order chi connectivity index (χ1) is 9.72. The second-order valence-electron chi connectivity index (χ2n) is 5.30. The van der Waals surface area contributed by atoms with Crippen molar-refractivity contribution in [1.82, 2.24) is 10.2 Å². The number of aliphatic imine (C=N–C) groups is 1. The van der Waals surface area contributed by atoms with E-state index in [9.17, 15) is 0 Å². The van der Waals surface area contributed by atoms with Gasteiger partial charge in [0.1, 0.15) is 5.75 Å². The summed E-state index contributed by atoms with van der Waals surface area (Å²) in [6.45, 7) is 4.59. The number of ether oxygens (including phenoxy) is 1. The molecule has 1 aromatic rings. The van der Waals surface area contributed by atoms with Gasteiger partial charge in [0, 0.05) is 27.2 Å². The van der Waals surface area contributed by atoms with Crippen molar-refractivity contribution in [3.05, 3.63) is 29.8 Å². The van der Waals surface area contributed by atoms with E-state index >= 15 is 0 Å². The molecule has 1 saturated carbocycles. The van der Waals surface area contributed by atoms with Crippen LogP contribution in [0.2, 0.25) is 0 Å². The van der Waals surface area contributed by atoms with Crippen molar-refractivity contribution < 1.29 is 4.74 Å². The highest BCUT2D eigenvalue weighted by atomic mass is 16.5. The normalized spacial score (nSPS) is 15.1. The molecule has 0 heterocycles. The Hall–Kier alpha value is -1.71. The van der Waals surface area contributed by atoms with Crippen molar-refractivity contribution in [3.63, 3.8) is 0 Å². The number of nitrogens with one attached hydrogen (secondary N) is 1. The maximum atomic E-state index is 5.46. The van der Waals surface area contributed by atoms with Crippen molar-refractivity contribution in [1.29, 1.82) is 0 Å². The molecule has 110 valence electrons. The van der Waals surface area contributed by atoms with Gasteiger partial charge in [0.05, 0.1) is 6.61 Å². The van der Waals surface area contributed by atoms with Crippen LogP contribution in [-0.2, 0) is 6.54 Å². The maximum Gasteiger partial charge on any atom is 0.193 e. The molecule has 20 heavy (non-hydrogen) atoms. The molecule has 0 atom stereocenters. The number of nitrogens with zero attached hydrogens (tertiary/aromatic N) is 2. The molecular formula is C16H25N3O. The number of benzene rings is 1. The Morgan fingerprint density at radius 2 is 2.05 bits per heavy atom. The van der Waals surface area contributed by atoms with Gasteiger partial charge in [-0.05, 0) is 43.4 Å². The fourth-order valence-corrected chi connectivity index (χ4v) is 2.15. The van der Waals surface area contributed by atoms with E-state index in [1.807, 2.05) is 26.1 Å². The molecule has 0 radical (unpaired) electrons. The average Bonchev–Trinajstić information content (AvgIpc) is 3.26. The fraction of sp³-hybridized carbons (Fsp3) is 0.562. The van der Waals surface area contributed by atoms with E-state index < -0.39 is 0 Å². The molecule has 4 nitrogen and oxygen atoms in total. The monoisotopic (exact) mass is 275 g/mol. The van der Waals surface area contributed by atoms with Crippen molar-refractivity contribution in [2.75, 3.05) is 27.2 Å². The smallest absolute Gasteiger partial charge is 0.193 e. The molecular weight excluding hydrogens is 250 g/mol. The van der Waals surface area contributed by atoms with E-state index in [0.717, 1.165) is 30.7 Å². The lowest BCUT2D eigenvalue weighted by molar-refractivity contribution is 0.340. The minimum atomic E-state index is 0.705. The van der Waals surface area contributed by atoms with Gasteiger partial charge in [-0.2, -0.15) is 0 Å². The Balaban J connectivity index is 1.86. The summed E-state index contributed by atoms with van der Waals surface area (Å²) >= 11 is 0. The van der Waals surface area contributed by atoms with Crippen molar-refractivity contribution in [2.24, 2.45) is 10.9 Å². The van der Waals surface area contributed by atoms with Gasteiger partial charge in [-0.25, -0.2) is 0 Å². The first-order valence-electron chi connectivity index (χ1n) is 7.36. The van der Waals surface area contributed by atoms with Gasteiger partial charge in [0.25, 0.3) is 0 Å². The summed E-state index contributed by atoms with van der Waals surface area (Å²) in [5, 5.41) is 3.43. The van der Waals surface area contributed by atoms with Crippen LogP contribution in [0.25, 0.3) is 0 Å². The second-order valence-corrected chi connectivity index (χ2v) is 5.30. The standard InChI is InChI=1S/C16H25N3O/c1-4-20-15-9-7-14(8-10-15)12-19(3)16(17-2)18-11-13-5-6-13/h7-10,13H,4-6,11-12H2,1-3H3,(H,17,18). The highest BCUT2D eigenvalue weighted by Crippen LogP contribution is 2.27. The van der Waals surface area contributed by atoms with Crippen molar-refractivity contribution in [3.8, 4) is 5.75 Å². The van der Waals surface area contributed by atoms with Crippen LogP contribution in [0.15, 0.2) is 29.3 Å². The van der Waals surface area contributed by atoms with E-state index in [2.05, 4.69) is 34.4 Å². The number of guanidine groups is 1. The minimum Gasteiger partial charge on any atom is -0.494 e. The molecule has 0 bridgehead atoms. The zero-order valence-corrected chi connectivity index (χ0v) is 12.7. The second kappa shape index (κ2) is 7.17. The lowest BCUT2D eigenvalue weighted by Crippen LogP contribution is -2.39. The molecule has 0 unspecified atom stereocenters. The number of rotatable bonds is 6. The van der Waals surface area contributed by atoms with Gasteiger partial charge in [-0.15, -0.1) is 0 Å². The van der Waals surface area contributed by atoms with Gasteiger partial charge in [0.2, 0.25) is 0 Å². The molecule has 1 aromatic carbocycles. The lowest BCUT2D eigenvalue weighted by Gasteiger charge is -2.22. The van der Waals surface area contributed by atoms with Crippen molar-refractivity contribution >= 4 is 5.96 Å². The Kier molecular flexibility index (Phi) is 5.27. The van der Waals surface area contributed by atoms with Crippen LogP contribution in [0.3, 0.4) is 0 Å². The average molecular weight is 275 g/mol. The van der Waals surface area contributed by atoms with Gasteiger partial charge in [-0.1, -0.05) is 12.1 Å². The first kappa shape index (κ1) is 14.7. The van der Waals surface area contributed by atoms with Crippen LogP contribution in [0, 0.1) is 5.92 Å². The summed E-state index contributed by atoms with van der Waals surface area (Å²) in [4.78, 5) is 6.49.